The number of nitrogens with zero attached hydrogens (tertiary/aromatic N) is 2. The van der Waals surface area contributed by atoms with E-state index in [1.807, 2.05) is 13.2 Å². The van der Waals surface area contributed by atoms with Gasteiger partial charge < -0.3 is 14.5 Å². The van der Waals surface area contributed by atoms with Gasteiger partial charge in [0.05, 0.1) is 23.8 Å². The first-order chi connectivity index (χ1) is 11.4. The predicted octanol–water partition coefficient (Wildman–Crippen LogP) is 4.02. The van der Waals surface area contributed by atoms with Crippen molar-refractivity contribution in [3.05, 3.63) is 28.6 Å². The van der Waals surface area contributed by atoms with Crippen LogP contribution >= 0.6 is 35.1 Å². The van der Waals surface area contributed by atoms with E-state index in [-0.39, 0.29) is 5.91 Å². The van der Waals surface area contributed by atoms with Crippen LogP contribution in [-0.4, -0.2) is 34.7 Å². The zero-order chi connectivity index (χ0) is 17.7. The van der Waals surface area contributed by atoms with Crippen LogP contribution in [0.15, 0.2) is 21.8 Å². The second-order valence-corrected chi connectivity index (χ2v) is 7.51. The highest BCUT2D eigenvalue weighted by Crippen LogP contribution is 2.32. The van der Waals surface area contributed by atoms with Crippen LogP contribution in [0.3, 0.4) is 0 Å². The van der Waals surface area contributed by atoms with Gasteiger partial charge in [-0.25, -0.2) is 0 Å². The van der Waals surface area contributed by atoms with Crippen molar-refractivity contribution in [2.75, 3.05) is 18.7 Å². The molecule has 24 heavy (non-hydrogen) atoms. The SMILES string of the molecule is COc1cc(Cl)c(C)cc1NC(=O)C(C)Sc1nnc(CSC)o1. The van der Waals surface area contributed by atoms with Gasteiger partial charge in [-0.2, -0.15) is 11.8 Å². The summed E-state index contributed by atoms with van der Waals surface area (Å²) in [6, 6.07) is 3.46. The lowest BCUT2D eigenvalue weighted by molar-refractivity contribution is -0.115. The Morgan fingerprint density at radius 2 is 2.21 bits per heavy atom. The van der Waals surface area contributed by atoms with Crippen molar-refractivity contribution in [3.63, 3.8) is 0 Å². The fourth-order valence-electron chi connectivity index (χ4n) is 1.84. The summed E-state index contributed by atoms with van der Waals surface area (Å²) in [7, 11) is 1.53. The third-order valence-electron chi connectivity index (χ3n) is 3.10. The molecule has 1 aromatic heterocycles. The van der Waals surface area contributed by atoms with Crippen molar-refractivity contribution in [1.29, 1.82) is 0 Å². The number of aryl methyl sites for hydroxylation is 1. The van der Waals surface area contributed by atoms with Crippen LogP contribution in [0.25, 0.3) is 0 Å². The zero-order valence-corrected chi connectivity index (χ0v) is 16.1. The van der Waals surface area contributed by atoms with Gasteiger partial charge in [-0.15, -0.1) is 10.2 Å². The van der Waals surface area contributed by atoms with E-state index in [1.54, 1.807) is 30.8 Å². The largest absolute Gasteiger partial charge is 0.495 e. The maximum Gasteiger partial charge on any atom is 0.277 e. The monoisotopic (exact) mass is 387 g/mol. The molecule has 130 valence electrons. The van der Waals surface area contributed by atoms with Crippen LogP contribution in [0, 0.1) is 6.92 Å². The third kappa shape index (κ3) is 4.81. The van der Waals surface area contributed by atoms with E-state index < -0.39 is 5.25 Å². The Kier molecular flexibility index (Phi) is 6.82. The molecule has 0 radical (unpaired) electrons. The number of carbonyl (C=O) groups excluding carboxylic acids is 1. The summed E-state index contributed by atoms with van der Waals surface area (Å²) in [6.07, 6.45) is 1.95. The van der Waals surface area contributed by atoms with Gasteiger partial charge in [-0.05, 0) is 31.7 Å². The van der Waals surface area contributed by atoms with Crippen molar-refractivity contribution in [3.8, 4) is 5.75 Å². The van der Waals surface area contributed by atoms with Gasteiger partial charge in [0.2, 0.25) is 11.8 Å². The maximum absolute atomic E-state index is 12.4. The number of benzene rings is 1. The average Bonchev–Trinajstić information content (AvgIpc) is 2.98. The Bertz CT molecular complexity index is 724. The molecule has 6 nitrogen and oxygen atoms in total. The summed E-state index contributed by atoms with van der Waals surface area (Å²) in [4.78, 5) is 12.4. The zero-order valence-electron chi connectivity index (χ0n) is 13.8. The smallest absolute Gasteiger partial charge is 0.277 e. The molecule has 9 heteroatoms. The Morgan fingerprint density at radius 3 is 2.88 bits per heavy atom. The van der Waals surface area contributed by atoms with E-state index in [2.05, 4.69) is 15.5 Å². The minimum atomic E-state index is -0.409. The fourth-order valence-corrected chi connectivity index (χ4v) is 3.05. The highest BCUT2D eigenvalue weighted by atomic mass is 35.5. The average molecular weight is 388 g/mol. The van der Waals surface area contributed by atoms with Gasteiger partial charge in [0.25, 0.3) is 5.22 Å². The quantitative estimate of drug-likeness (QED) is 0.718. The topological polar surface area (TPSA) is 77.2 Å². The van der Waals surface area contributed by atoms with E-state index >= 15 is 0 Å². The number of nitrogens with one attached hydrogen (secondary N) is 1. The first-order valence-electron chi connectivity index (χ1n) is 7.07. The number of thioether (sulfide) groups is 2. The molecule has 0 fully saturated rings. The van der Waals surface area contributed by atoms with Crippen LogP contribution in [-0.2, 0) is 10.5 Å². The van der Waals surface area contributed by atoms with Gasteiger partial charge >= 0.3 is 0 Å². The first-order valence-corrected chi connectivity index (χ1v) is 9.72. The number of aromatic nitrogens is 2. The number of rotatable bonds is 7. The summed E-state index contributed by atoms with van der Waals surface area (Å²) in [5.74, 6) is 1.52. The molecule has 0 bridgehead atoms. The number of methoxy groups -OCH3 is 1. The Labute approximate surface area is 154 Å². The number of ether oxygens (including phenoxy) is 1. The lowest BCUT2D eigenvalue weighted by Gasteiger charge is -2.14. The van der Waals surface area contributed by atoms with Crippen LogP contribution < -0.4 is 10.1 Å². The molecule has 1 unspecified atom stereocenters. The summed E-state index contributed by atoms with van der Waals surface area (Å²) in [5, 5.41) is 11.3. The van der Waals surface area contributed by atoms with E-state index in [4.69, 9.17) is 20.8 Å². The highest BCUT2D eigenvalue weighted by Gasteiger charge is 2.20. The lowest BCUT2D eigenvalue weighted by Crippen LogP contribution is -2.22. The van der Waals surface area contributed by atoms with E-state index in [9.17, 15) is 4.79 Å². The van der Waals surface area contributed by atoms with Gasteiger partial charge in [0, 0.05) is 11.1 Å². The second kappa shape index (κ2) is 8.64. The van der Waals surface area contributed by atoms with Crippen LogP contribution in [0.4, 0.5) is 5.69 Å². The molecule has 0 aliphatic carbocycles. The Morgan fingerprint density at radius 1 is 1.46 bits per heavy atom. The number of hydrogen-bond acceptors (Lipinski definition) is 7. The van der Waals surface area contributed by atoms with Crippen LogP contribution in [0.2, 0.25) is 5.02 Å². The number of halogens is 1. The van der Waals surface area contributed by atoms with Gasteiger partial charge in [-0.3, -0.25) is 4.79 Å². The Balaban J connectivity index is 2.04. The number of carbonyl (C=O) groups is 1. The molecular formula is C15H18ClN3O3S2. The minimum absolute atomic E-state index is 0.190. The lowest BCUT2D eigenvalue weighted by atomic mass is 10.2. The molecule has 0 aliphatic rings. The maximum atomic E-state index is 12.4. The summed E-state index contributed by atoms with van der Waals surface area (Å²) < 4.78 is 10.7. The highest BCUT2D eigenvalue weighted by molar-refractivity contribution is 8.00. The first kappa shape index (κ1) is 19.0. The molecule has 0 saturated carbocycles. The normalized spacial score (nSPS) is 12.0. The van der Waals surface area contributed by atoms with Gasteiger partial charge in [0.1, 0.15) is 5.75 Å². The van der Waals surface area contributed by atoms with Gasteiger partial charge in [-0.1, -0.05) is 23.4 Å². The molecule has 0 saturated heterocycles. The van der Waals surface area contributed by atoms with Crippen LogP contribution in [0.1, 0.15) is 18.4 Å². The summed E-state index contributed by atoms with van der Waals surface area (Å²) in [6.45, 7) is 3.63. The van der Waals surface area contributed by atoms with Gasteiger partial charge in [0.15, 0.2) is 0 Å². The number of anilines is 1. The van der Waals surface area contributed by atoms with E-state index in [1.165, 1.54) is 18.9 Å². The molecule has 2 aromatic rings. The standard InChI is InChI=1S/C15H18ClN3O3S2/c1-8-5-11(12(21-3)6-10(8)16)17-14(20)9(2)24-15-19-18-13(22-15)7-23-4/h5-6,9H,7H2,1-4H3,(H,17,20). The van der Waals surface area contributed by atoms with Crippen molar-refractivity contribution in [2.24, 2.45) is 0 Å². The Hall–Kier alpha value is -1.38. The molecule has 1 amide bonds. The summed E-state index contributed by atoms with van der Waals surface area (Å²) in [5.41, 5.74) is 1.43. The molecule has 2 rings (SSSR count). The second-order valence-electron chi connectivity index (χ2n) is 4.95. The van der Waals surface area contributed by atoms with Crippen molar-refractivity contribution in [1.82, 2.24) is 10.2 Å². The molecule has 1 atom stereocenters. The van der Waals surface area contributed by atoms with E-state index in [0.717, 1.165) is 5.56 Å². The number of hydrogen-bond donors (Lipinski definition) is 1. The molecule has 1 heterocycles. The molecular weight excluding hydrogens is 370 g/mol. The van der Waals surface area contributed by atoms with Crippen molar-refractivity contribution >= 4 is 46.7 Å². The predicted molar refractivity (Wildman–Crippen MR) is 98.2 cm³/mol. The van der Waals surface area contributed by atoms with E-state index in [0.29, 0.717) is 33.3 Å². The molecule has 1 aromatic carbocycles. The van der Waals surface area contributed by atoms with Crippen molar-refractivity contribution < 1.29 is 13.9 Å². The fraction of sp³-hybridized carbons (Fsp3) is 0.400. The summed E-state index contributed by atoms with van der Waals surface area (Å²) >= 11 is 8.87. The number of amides is 1. The van der Waals surface area contributed by atoms with Crippen molar-refractivity contribution in [2.45, 2.75) is 30.1 Å². The minimum Gasteiger partial charge on any atom is -0.495 e. The molecule has 1 N–H and O–H groups in total. The molecule has 0 aliphatic heterocycles. The third-order valence-corrected chi connectivity index (χ3v) is 4.98. The molecule has 0 spiro atoms. The van der Waals surface area contributed by atoms with Crippen LogP contribution in [0.5, 0.6) is 5.75 Å².